The number of nitrogens with two attached hydrogens (primary N) is 1. The third-order valence-corrected chi connectivity index (χ3v) is 6.50. The highest BCUT2D eigenvalue weighted by atomic mass is 32.2. The molecule has 0 aliphatic carbocycles. The molecule has 31 heavy (non-hydrogen) atoms. The first-order chi connectivity index (χ1) is 14.3. The summed E-state index contributed by atoms with van der Waals surface area (Å²) in [4.78, 5) is 16.4. The minimum Gasteiger partial charge on any atom is -0.490 e. The van der Waals surface area contributed by atoms with Crippen molar-refractivity contribution in [1.29, 1.82) is 0 Å². The molecule has 3 N–H and O–H groups in total. The molecule has 1 amide bonds. The Morgan fingerprint density at radius 3 is 2.68 bits per heavy atom. The third kappa shape index (κ3) is 5.39. The van der Waals surface area contributed by atoms with Gasteiger partial charge in [0.25, 0.3) is 15.9 Å². The van der Waals surface area contributed by atoms with E-state index in [-0.39, 0.29) is 28.8 Å². The lowest BCUT2D eigenvalue weighted by atomic mass is 10.0. The zero-order chi connectivity index (χ0) is 23.0. The maximum atomic E-state index is 12.6. The van der Waals surface area contributed by atoms with E-state index in [0.717, 1.165) is 6.26 Å². The van der Waals surface area contributed by atoms with Gasteiger partial charge in [0.2, 0.25) is 0 Å². The fourth-order valence-electron chi connectivity index (χ4n) is 2.96. The van der Waals surface area contributed by atoms with Crippen LogP contribution >= 0.6 is 0 Å². The topological polar surface area (TPSA) is 158 Å². The van der Waals surface area contributed by atoms with Crippen LogP contribution in [0, 0.1) is 0 Å². The Hall–Kier alpha value is -2.99. The Bertz CT molecular complexity index is 1280. The molecule has 3 rings (SSSR count). The van der Waals surface area contributed by atoms with Gasteiger partial charge in [-0.1, -0.05) is 12.1 Å². The molecule has 12 heteroatoms. The van der Waals surface area contributed by atoms with Crippen molar-refractivity contribution >= 4 is 31.6 Å². The standard InChI is InChI=1S/C19H22N4O6S2/c1-19(2,22-18(24)12-7-8-21-15(9-12)30(3,25)26)11-29-14-6-4-5-13-10-31(27,28)23-17(20)16(13)14/h4-9H,10-11H2,1-3H3,(H2,20,23)(H,22,24). The molecule has 10 nitrogen and oxygen atoms in total. The maximum Gasteiger partial charge on any atom is 0.259 e. The lowest BCUT2D eigenvalue weighted by Gasteiger charge is -2.27. The third-order valence-electron chi connectivity index (χ3n) is 4.36. The highest BCUT2D eigenvalue weighted by molar-refractivity contribution is 7.90. The van der Waals surface area contributed by atoms with Crippen molar-refractivity contribution in [3.05, 3.63) is 53.2 Å². The second-order valence-corrected chi connectivity index (χ2v) is 11.4. The SMILES string of the molecule is CC(C)(COc1cccc2c1C(N)=NS(=O)(=O)C2)NC(=O)c1ccnc(S(C)(=O)=O)c1. The minimum atomic E-state index is -3.66. The number of amidine groups is 1. The monoisotopic (exact) mass is 466 g/mol. The molecule has 1 aliphatic heterocycles. The van der Waals surface area contributed by atoms with Gasteiger partial charge in [-0.2, -0.15) is 0 Å². The van der Waals surface area contributed by atoms with E-state index in [1.54, 1.807) is 32.0 Å². The van der Waals surface area contributed by atoms with Crippen LogP contribution in [0.15, 0.2) is 46.0 Å². The second kappa shape index (κ2) is 7.93. The molecule has 0 unspecified atom stereocenters. The molecule has 0 atom stereocenters. The van der Waals surface area contributed by atoms with Crippen LogP contribution in [-0.4, -0.2) is 52.0 Å². The molecule has 0 saturated heterocycles. The summed E-state index contributed by atoms with van der Waals surface area (Å²) < 4.78 is 56.3. The lowest BCUT2D eigenvalue weighted by Crippen LogP contribution is -2.48. The van der Waals surface area contributed by atoms with E-state index in [1.165, 1.54) is 18.3 Å². The largest absolute Gasteiger partial charge is 0.490 e. The van der Waals surface area contributed by atoms with Gasteiger partial charge in [0, 0.05) is 18.0 Å². The molecule has 2 heterocycles. The van der Waals surface area contributed by atoms with Crippen molar-refractivity contribution in [2.45, 2.75) is 30.2 Å². The Labute approximate surface area is 180 Å². The number of sulfone groups is 1. The van der Waals surface area contributed by atoms with Gasteiger partial charge in [-0.05, 0) is 37.6 Å². The number of rotatable bonds is 6. The fraction of sp³-hybridized carbons (Fsp3) is 0.316. The number of aromatic nitrogens is 1. The maximum absolute atomic E-state index is 12.6. The number of carbonyl (C=O) groups excluding carboxylic acids is 1. The number of carbonyl (C=O) groups is 1. The molecule has 0 bridgehead atoms. The summed E-state index contributed by atoms with van der Waals surface area (Å²) in [6, 6.07) is 7.53. The summed E-state index contributed by atoms with van der Waals surface area (Å²) in [6.07, 6.45) is 2.26. The van der Waals surface area contributed by atoms with Gasteiger partial charge in [-0.25, -0.2) is 21.8 Å². The quantitative estimate of drug-likeness (QED) is 0.627. The number of nitrogens with one attached hydrogen (secondary N) is 1. The first kappa shape index (κ1) is 22.7. The summed E-state index contributed by atoms with van der Waals surface area (Å²) in [5.74, 6) is -0.573. The number of nitrogens with zero attached hydrogens (tertiary/aromatic N) is 2. The Kier molecular flexibility index (Phi) is 5.80. The fourth-order valence-corrected chi connectivity index (χ4v) is 4.64. The molecular weight excluding hydrogens is 444 g/mol. The molecule has 0 radical (unpaired) electrons. The van der Waals surface area contributed by atoms with Crippen LogP contribution in [0.25, 0.3) is 0 Å². The number of hydrogen-bond donors (Lipinski definition) is 2. The normalized spacial score (nSPS) is 15.5. The van der Waals surface area contributed by atoms with E-state index in [9.17, 15) is 21.6 Å². The number of benzene rings is 1. The van der Waals surface area contributed by atoms with Gasteiger partial charge in [0.1, 0.15) is 18.2 Å². The van der Waals surface area contributed by atoms with Crippen molar-refractivity contribution in [2.24, 2.45) is 10.1 Å². The Morgan fingerprint density at radius 2 is 2.00 bits per heavy atom. The van der Waals surface area contributed by atoms with Gasteiger partial charge in [-0.3, -0.25) is 4.79 Å². The molecular formula is C19H22N4O6S2. The highest BCUT2D eigenvalue weighted by Gasteiger charge is 2.27. The Morgan fingerprint density at radius 1 is 1.29 bits per heavy atom. The van der Waals surface area contributed by atoms with E-state index >= 15 is 0 Å². The first-order valence-corrected chi connectivity index (χ1v) is 12.6. The zero-order valence-electron chi connectivity index (χ0n) is 17.1. The van der Waals surface area contributed by atoms with Gasteiger partial charge in [0.15, 0.2) is 14.9 Å². The molecule has 1 aromatic carbocycles. The zero-order valence-corrected chi connectivity index (χ0v) is 18.7. The molecule has 0 saturated carbocycles. The summed E-state index contributed by atoms with van der Waals surface area (Å²) in [6.45, 7) is 3.47. The van der Waals surface area contributed by atoms with Crippen LogP contribution in [0.3, 0.4) is 0 Å². The number of sulfonamides is 1. The van der Waals surface area contributed by atoms with Gasteiger partial charge in [-0.15, -0.1) is 4.40 Å². The molecule has 2 aromatic rings. The van der Waals surface area contributed by atoms with E-state index in [4.69, 9.17) is 10.5 Å². The van der Waals surface area contributed by atoms with Crippen molar-refractivity contribution in [1.82, 2.24) is 10.3 Å². The smallest absolute Gasteiger partial charge is 0.259 e. The average molecular weight is 467 g/mol. The summed E-state index contributed by atoms with van der Waals surface area (Å²) in [7, 11) is -7.22. The number of fused-ring (bicyclic) bond motifs is 1. The number of amides is 1. The number of pyridine rings is 1. The molecule has 0 fully saturated rings. The van der Waals surface area contributed by atoms with Crippen LogP contribution in [0.2, 0.25) is 0 Å². The molecule has 1 aliphatic rings. The van der Waals surface area contributed by atoms with Crippen LogP contribution in [-0.2, 0) is 25.6 Å². The lowest BCUT2D eigenvalue weighted by molar-refractivity contribution is 0.0880. The minimum absolute atomic E-state index is 0.0270. The van der Waals surface area contributed by atoms with E-state index < -0.39 is 31.3 Å². The van der Waals surface area contributed by atoms with Crippen LogP contribution < -0.4 is 15.8 Å². The van der Waals surface area contributed by atoms with Crippen LogP contribution in [0.1, 0.15) is 35.3 Å². The van der Waals surface area contributed by atoms with Crippen molar-refractivity contribution in [3.63, 3.8) is 0 Å². The average Bonchev–Trinajstić information content (AvgIpc) is 2.64. The number of ether oxygens (including phenoxy) is 1. The van der Waals surface area contributed by atoms with E-state index in [1.807, 2.05) is 0 Å². The predicted octanol–water partition coefficient (Wildman–Crippen LogP) is 0.621. The first-order valence-electron chi connectivity index (χ1n) is 9.09. The second-order valence-electron chi connectivity index (χ2n) is 7.77. The summed E-state index contributed by atoms with van der Waals surface area (Å²) in [5.41, 5.74) is 6.01. The molecule has 166 valence electrons. The Balaban J connectivity index is 1.75. The van der Waals surface area contributed by atoms with E-state index in [2.05, 4.69) is 14.7 Å². The van der Waals surface area contributed by atoms with Crippen LogP contribution in [0.5, 0.6) is 5.75 Å². The molecule has 1 aromatic heterocycles. The highest BCUT2D eigenvalue weighted by Crippen LogP contribution is 2.28. The number of hydrogen-bond acceptors (Lipinski definition) is 8. The predicted molar refractivity (Wildman–Crippen MR) is 114 cm³/mol. The van der Waals surface area contributed by atoms with Gasteiger partial charge in [0.05, 0.1) is 16.9 Å². The van der Waals surface area contributed by atoms with Crippen molar-refractivity contribution in [2.75, 3.05) is 12.9 Å². The van der Waals surface area contributed by atoms with Crippen LogP contribution in [0.4, 0.5) is 0 Å². The van der Waals surface area contributed by atoms with Gasteiger partial charge < -0.3 is 15.8 Å². The molecule has 0 spiro atoms. The van der Waals surface area contributed by atoms with Crippen molar-refractivity contribution in [3.8, 4) is 5.75 Å². The van der Waals surface area contributed by atoms with Gasteiger partial charge >= 0.3 is 0 Å². The van der Waals surface area contributed by atoms with E-state index in [0.29, 0.717) is 16.9 Å². The summed E-state index contributed by atoms with van der Waals surface area (Å²) in [5, 5.41) is 2.58. The van der Waals surface area contributed by atoms with Crippen molar-refractivity contribution < 1.29 is 26.4 Å². The summed E-state index contributed by atoms with van der Waals surface area (Å²) >= 11 is 0.